The van der Waals surface area contributed by atoms with Gasteiger partial charge in [-0.1, -0.05) is 0 Å². The summed E-state index contributed by atoms with van der Waals surface area (Å²) in [5.74, 6) is 2.10. The summed E-state index contributed by atoms with van der Waals surface area (Å²) in [4.78, 5) is 0. The zero-order valence-corrected chi connectivity index (χ0v) is 13.5. The Morgan fingerprint density at radius 1 is 1.15 bits per heavy atom. The van der Waals surface area contributed by atoms with Crippen LogP contribution in [0.2, 0.25) is 0 Å². The second-order valence-electron chi connectivity index (χ2n) is 4.45. The lowest BCUT2D eigenvalue weighted by molar-refractivity contribution is 0.366. The highest BCUT2D eigenvalue weighted by atomic mass is 32.2. The van der Waals surface area contributed by atoms with E-state index in [-0.39, 0.29) is 5.25 Å². The third-order valence-corrected chi connectivity index (χ3v) is 4.42. The van der Waals surface area contributed by atoms with Crippen LogP contribution in [0.15, 0.2) is 12.1 Å². The first kappa shape index (κ1) is 16.8. The molecule has 0 radical (unpaired) electrons. The lowest BCUT2D eigenvalue weighted by Crippen LogP contribution is -2.27. The van der Waals surface area contributed by atoms with Crippen molar-refractivity contribution in [2.45, 2.75) is 18.7 Å². The van der Waals surface area contributed by atoms with Crippen LogP contribution in [0, 0.1) is 0 Å². The fraction of sp³-hybridized carbons (Fsp3) is 0.571. The quantitative estimate of drug-likeness (QED) is 0.790. The maximum Gasteiger partial charge on any atom is 0.130 e. The Bertz CT molecular complexity index is 439. The minimum atomic E-state index is -0.833. The fourth-order valence-electron chi connectivity index (χ4n) is 1.77. The first-order valence-electron chi connectivity index (χ1n) is 6.35. The van der Waals surface area contributed by atoms with Crippen LogP contribution in [0.4, 0.5) is 0 Å². The Hall–Kier alpha value is -1.27. The molecule has 0 aliphatic rings. The van der Waals surface area contributed by atoms with Gasteiger partial charge in [-0.2, -0.15) is 0 Å². The summed E-state index contributed by atoms with van der Waals surface area (Å²) in [6.45, 7) is 3.20. The molecule has 114 valence electrons. The molecule has 0 saturated heterocycles. The fourth-order valence-corrected chi connectivity index (χ4v) is 2.12. The molecular weight excluding hydrogens is 278 g/mol. The summed E-state index contributed by atoms with van der Waals surface area (Å²) >= 11 is 0. The monoisotopic (exact) mass is 301 g/mol. The van der Waals surface area contributed by atoms with Crippen LogP contribution in [0.1, 0.15) is 12.5 Å². The number of ether oxygens (including phenoxy) is 3. The van der Waals surface area contributed by atoms with Crippen LogP contribution in [0.5, 0.6) is 17.2 Å². The van der Waals surface area contributed by atoms with E-state index in [1.54, 1.807) is 27.6 Å². The summed E-state index contributed by atoms with van der Waals surface area (Å²) in [5, 5.41) is 3.38. The van der Waals surface area contributed by atoms with Crippen molar-refractivity contribution in [1.82, 2.24) is 5.32 Å². The van der Waals surface area contributed by atoms with Crippen LogP contribution in [-0.4, -0.2) is 43.6 Å². The molecule has 1 rings (SSSR count). The normalized spacial score (nSPS) is 13.7. The van der Waals surface area contributed by atoms with E-state index in [2.05, 4.69) is 5.32 Å². The van der Waals surface area contributed by atoms with E-state index < -0.39 is 10.8 Å². The Kier molecular flexibility index (Phi) is 6.81. The van der Waals surface area contributed by atoms with E-state index in [0.717, 1.165) is 5.56 Å². The van der Waals surface area contributed by atoms with Gasteiger partial charge in [-0.15, -0.1) is 0 Å². The standard InChI is InChI=1S/C14H23NO4S/c1-10(20(5)16)8-15-9-12-13(18-3)6-11(17-2)7-14(12)19-4/h6-7,10,15H,8-9H2,1-5H3. The highest BCUT2D eigenvalue weighted by Crippen LogP contribution is 2.33. The van der Waals surface area contributed by atoms with E-state index in [1.807, 2.05) is 19.1 Å². The third kappa shape index (κ3) is 4.38. The van der Waals surface area contributed by atoms with Crippen molar-refractivity contribution < 1.29 is 18.4 Å². The molecule has 0 aliphatic carbocycles. The molecule has 5 nitrogen and oxygen atoms in total. The van der Waals surface area contributed by atoms with E-state index in [1.165, 1.54) is 0 Å². The van der Waals surface area contributed by atoms with Gasteiger partial charge in [0.25, 0.3) is 0 Å². The molecule has 0 aliphatic heterocycles. The number of nitrogens with one attached hydrogen (secondary N) is 1. The average molecular weight is 301 g/mol. The topological polar surface area (TPSA) is 56.8 Å². The first-order chi connectivity index (χ1) is 9.53. The molecule has 0 heterocycles. The number of rotatable bonds is 8. The van der Waals surface area contributed by atoms with Gasteiger partial charge >= 0.3 is 0 Å². The van der Waals surface area contributed by atoms with Gasteiger partial charge in [0.1, 0.15) is 17.2 Å². The van der Waals surface area contributed by atoms with Gasteiger partial charge in [0.05, 0.1) is 26.9 Å². The number of benzene rings is 1. The van der Waals surface area contributed by atoms with Gasteiger partial charge in [-0.3, -0.25) is 4.21 Å². The van der Waals surface area contributed by atoms with Crippen molar-refractivity contribution in [2.24, 2.45) is 0 Å². The van der Waals surface area contributed by atoms with Crippen molar-refractivity contribution in [3.05, 3.63) is 17.7 Å². The van der Waals surface area contributed by atoms with E-state index in [0.29, 0.717) is 30.3 Å². The summed E-state index contributed by atoms with van der Waals surface area (Å²) < 4.78 is 27.3. The second kappa shape index (κ2) is 8.11. The van der Waals surface area contributed by atoms with Crippen LogP contribution in [0.25, 0.3) is 0 Å². The number of hydrogen-bond donors (Lipinski definition) is 1. The molecule has 0 spiro atoms. The van der Waals surface area contributed by atoms with Gasteiger partial charge in [-0.25, -0.2) is 0 Å². The zero-order chi connectivity index (χ0) is 15.1. The van der Waals surface area contributed by atoms with Gasteiger partial charge in [0.2, 0.25) is 0 Å². The van der Waals surface area contributed by atoms with Crippen LogP contribution >= 0.6 is 0 Å². The van der Waals surface area contributed by atoms with Gasteiger partial charge in [0.15, 0.2) is 0 Å². The Balaban J connectivity index is 2.84. The summed E-state index contributed by atoms with van der Waals surface area (Å²) in [6.07, 6.45) is 1.71. The van der Waals surface area contributed by atoms with E-state index in [4.69, 9.17) is 14.2 Å². The van der Waals surface area contributed by atoms with Crippen LogP contribution in [-0.2, 0) is 17.3 Å². The third-order valence-electron chi connectivity index (χ3n) is 3.12. The average Bonchev–Trinajstić information content (AvgIpc) is 2.46. The minimum absolute atomic E-state index is 0.102. The second-order valence-corrected chi connectivity index (χ2v) is 6.25. The molecule has 1 aromatic carbocycles. The van der Waals surface area contributed by atoms with Crippen molar-refractivity contribution >= 4 is 10.8 Å². The van der Waals surface area contributed by atoms with E-state index >= 15 is 0 Å². The molecule has 6 heteroatoms. The molecule has 2 unspecified atom stereocenters. The number of hydrogen-bond acceptors (Lipinski definition) is 5. The molecule has 0 bridgehead atoms. The van der Waals surface area contributed by atoms with Crippen molar-refractivity contribution in [2.75, 3.05) is 34.1 Å². The Morgan fingerprint density at radius 3 is 2.10 bits per heavy atom. The predicted molar refractivity (Wildman–Crippen MR) is 81.3 cm³/mol. The largest absolute Gasteiger partial charge is 0.496 e. The highest BCUT2D eigenvalue weighted by molar-refractivity contribution is 7.84. The molecule has 0 saturated carbocycles. The molecule has 1 N–H and O–H groups in total. The Morgan fingerprint density at radius 2 is 1.70 bits per heavy atom. The minimum Gasteiger partial charge on any atom is -0.496 e. The molecule has 20 heavy (non-hydrogen) atoms. The van der Waals surface area contributed by atoms with Crippen LogP contribution in [0.3, 0.4) is 0 Å². The van der Waals surface area contributed by atoms with Gasteiger partial charge in [-0.05, 0) is 6.92 Å². The summed E-state index contributed by atoms with van der Waals surface area (Å²) in [6, 6.07) is 3.64. The molecule has 0 aromatic heterocycles. The molecular formula is C14H23NO4S. The smallest absolute Gasteiger partial charge is 0.130 e. The molecule has 2 atom stereocenters. The zero-order valence-electron chi connectivity index (χ0n) is 12.7. The first-order valence-corrected chi connectivity index (χ1v) is 7.97. The summed E-state index contributed by atoms with van der Waals surface area (Å²) in [5.41, 5.74) is 0.921. The molecule has 0 fully saturated rings. The van der Waals surface area contributed by atoms with Gasteiger partial charge < -0.3 is 19.5 Å². The lowest BCUT2D eigenvalue weighted by Gasteiger charge is -2.16. The van der Waals surface area contributed by atoms with E-state index in [9.17, 15) is 4.21 Å². The van der Waals surface area contributed by atoms with Crippen molar-refractivity contribution in [1.29, 1.82) is 0 Å². The van der Waals surface area contributed by atoms with Crippen molar-refractivity contribution in [3.63, 3.8) is 0 Å². The molecule has 0 amide bonds. The highest BCUT2D eigenvalue weighted by Gasteiger charge is 2.13. The maximum absolute atomic E-state index is 11.3. The Labute approximate surface area is 123 Å². The number of methoxy groups -OCH3 is 3. The summed E-state index contributed by atoms with van der Waals surface area (Å²) in [7, 11) is 3.99. The predicted octanol–water partition coefficient (Wildman–Crippen LogP) is 1.57. The van der Waals surface area contributed by atoms with Gasteiger partial charge in [0, 0.05) is 47.5 Å². The maximum atomic E-state index is 11.3. The molecule has 1 aromatic rings. The van der Waals surface area contributed by atoms with Crippen molar-refractivity contribution in [3.8, 4) is 17.2 Å². The SMILES string of the molecule is COc1cc(OC)c(CNCC(C)S(C)=O)c(OC)c1. The van der Waals surface area contributed by atoms with Crippen LogP contribution < -0.4 is 19.5 Å². The lowest BCUT2D eigenvalue weighted by atomic mass is 10.1.